The predicted molar refractivity (Wildman–Crippen MR) is 133 cm³/mol. The van der Waals surface area contributed by atoms with Crippen molar-refractivity contribution >= 4 is 43.1 Å². The van der Waals surface area contributed by atoms with Crippen LogP contribution in [0, 0.1) is 5.92 Å². The van der Waals surface area contributed by atoms with Gasteiger partial charge in [0.2, 0.25) is 5.60 Å². The number of pyridine rings is 1. The molecule has 0 radical (unpaired) electrons. The van der Waals surface area contributed by atoms with Gasteiger partial charge in [0.1, 0.15) is 14.7 Å². The highest BCUT2D eigenvalue weighted by molar-refractivity contribution is 7.93. The van der Waals surface area contributed by atoms with Gasteiger partial charge < -0.3 is 4.74 Å². The molecule has 0 unspecified atom stereocenters. The second-order valence-electron chi connectivity index (χ2n) is 9.41. The van der Waals surface area contributed by atoms with Crippen molar-refractivity contribution in [1.82, 2.24) is 14.8 Å². The van der Waals surface area contributed by atoms with Crippen LogP contribution in [0.15, 0.2) is 23.4 Å². The van der Waals surface area contributed by atoms with Gasteiger partial charge >= 0.3 is 12.1 Å². The molecule has 0 spiro atoms. The molecule has 0 aromatic carbocycles. The summed E-state index contributed by atoms with van der Waals surface area (Å²) in [5.74, 6) is -2.21. The number of hydrogen-bond donors (Lipinski definition) is 0. The fraction of sp³-hybridized carbons (Fsp3) is 0.591. The summed E-state index contributed by atoms with van der Waals surface area (Å²) in [5, 5.41) is 3.68. The molecule has 1 aliphatic rings. The van der Waals surface area contributed by atoms with E-state index >= 15 is 0 Å². The van der Waals surface area contributed by atoms with Crippen LogP contribution in [0.5, 0.6) is 0 Å². The predicted octanol–water partition coefficient (Wildman–Crippen LogP) is 3.18. The van der Waals surface area contributed by atoms with Gasteiger partial charge in [-0.05, 0) is 44.7 Å². The number of fused-ring (bicyclic) bond motifs is 1. The van der Waals surface area contributed by atoms with E-state index in [1.165, 1.54) is 30.1 Å². The van der Waals surface area contributed by atoms with Crippen LogP contribution in [-0.2, 0) is 48.8 Å². The van der Waals surface area contributed by atoms with Gasteiger partial charge in [0, 0.05) is 31.2 Å². The van der Waals surface area contributed by atoms with Crippen LogP contribution in [-0.4, -0.2) is 67.4 Å². The molecule has 38 heavy (non-hydrogen) atoms. The van der Waals surface area contributed by atoms with Crippen molar-refractivity contribution < 1.29 is 39.5 Å². The fourth-order valence-corrected chi connectivity index (χ4v) is 7.04. The molecule has 0 fully saturated rings. The number of carbonyl (C=O) groups is 1. The molecule has 1 atom stereocenters. The Morgan fingerprint density at radius 3 is 2.42 bits per heavy atom. The lowest BCUT2D eigenvalue weighted by Gasteiger charge is -2.34. The lowest BCUT2D eigenvalue weighted by Crippen LogP contribution is -2.44. The van der Waals surface area contributed by atoms with E-state index in [1.807, 2.05) is 0 Å². The highest BCUT2D eigenvalue weighted by atomic mass is 35.5. The van der Waals surface area contributed by atoms with E-state index in [-0.39, 0.29) is 51.5 Å². The van der Waals surface area contributed by atoms with Crippen LogP contribution in [0.1, 0.15) is 39.0 Å². The highest BCUT2D eigenvalue weighted by Gasteiger charge is 2.50. The zero-order valence-corrected chi connectivity index (χ0v) is 23.5. The van der Waals surface area contributed by atoms with Crippen LogP contribution in [0.25, 0.3) is 0 Å². The van der Waals surface area contributed by atoms with Crippen LogP contribution < -0.4 is 4.31 Å². The summed E-state index contributed by atoms with van der Waals surface area (Å²) in [6, 6.07) is 1.32. The Balaban J connectivity index is 2.02. The van der Waals surface area contributed by atoms with E-state index in [0.717, 1.165) is 18.2 Å². The smallest absolute Gasteiger partial charge is 0.427 e. The van der Waals surface area contributed by atoms with E-state index in [9.17, 15) is 34.8 Å². The lowest BCUT2D eigenvalue weighted by atomic mass is 9.98. The maximum Gasteiger partial charge on any atom is 0.427 e. The number of halogens is 4. The van der Waals surface area contributed by atoms with Gasteiger partial charge in [-0.25, -0.2) is 16.8 Å². The Bertz CT molecular complexity index is 1420. The van der Waals surface area contributed by atoms with Gasteiger partial charge in [0.15, 0.2) is 5.15 Å². The zero-order valence-electron chi connectivity index (χ0n) is 21.1. The number of aryl methyl sites for hydroxylation is 1. The molecule has 0 saturated heterocycles. The molecule has 2 aromatic heterocycles. The van der Waals surface area contributed by atoms with Gasteiger partial charge in [-0.3, -0.25) is 18.8 Å². The number of esters is 1. The minimum absolute atomic E-state index is 0.0656. The number of anilines is 1. The number of aromatic nitrogens is 3. The van der Waals surface area contributed by atoms with E-state index in [0.29, 0.717) is 6.54 Å². The van der Waals surface area contributed by atoms with Crippen LogP contribution >= 0.6 is 11.6 Å². The maximum absolute atomic E-state index is 13.7. The molecule has 212 valence electrons. The monoisotopic (exact) mass is 600 g/mol. The van der Waals surface area contributed by atoms with Crippen molar-refractivity contribution in [3.63, 3.8) is 0 Å². The van der Waals surface area contributed by atoms with Crippen molar-refractivity contribution in [1.29, 1.82) is 0 Å². The first-order valence-electron chi connectivity index (χ1n) is 11.6. The zero-order chi connectivity index (χ0) is 28.7. The molecule has 0 bridgehead atoms. The average Bonchev–Trinajstić information content (AvgIpc) is 3.19. The number of alkyl halides is 3. The minimum Gasteiger partial charge on any atom is -0.450 e. The number of hydrogen-bond acceptors (Lipinski definition) is 8. The van der Waals surface area contributed by atoms with Crippen molar-refractivity contribution in [3.05, 3.63) is 34.9 Å². The van der Waals surface area contributed by atoms with Gasteiger partial charge in [0.05, 0.1) is 23.6 Å². The quantitative estimate of drug-likeness (QED) is 0.402. The molecule has 2 aromatic rings. The topological polar surface area (TPSA) is 129 Å². The molecule has 3 rings (SSSR count). The van der Waals surface area contributed by atoms with E-state index in [4.69, 9.17) is 11.6 Å². The SMILES string of the molecule is CCn1cc(S(=O)(=O)N2C[C@@H](CS(=O)(=O)CC)Cc3ncc(CC(=O)OC(C)(C)C(F)(F)F)cc32)c(Cl)n1. The van der Waals surface area contributed by atoms with Crippen molar-refractivity contribution in [2.45, 2.75) is 63.8 Å². The standard InChI is InChI=1S/C22H28ClF3N4O6S2/c1-5-29-12-18(20(23)28-29)38(34,35)30-11-15(13-37(32,33)6-2)7-16-17(30)8-14(10-27-16)9-19(31)36-21(3,4)22(24,25)26/h8,10,12,15H,5-7,9,11,13H2,1-4H3/t15-/m0/s1. The molecular formula is C22H28ClF3N4O6S2. The van der Waals surface area contributed by atoms with Crippen LogP contribution in [0.4, 0.5) is 18.9 Å². The first kappa shape index (κ1) is 30.2. The summed E-state index contributed by atoms with van der Waals surface area (Å²) in [6.45, 7) is 4.77. The van der Waals surface area contributed by atoms with Gasteiger partial charge in [-0.15, -0.1) is 0 Å². The number of rotatable bonds is 9. The second-order valence-corrected chi connectivity index (χ2v) is 14.0. The van der Waals surface area contributed by atoms with Gasteiger partial charge in [-0.1, -0.05) is 18.5 Å². The van der Waals surface area contributed by atoms with E-state index < -0.39 is 49.9 Å². The minimum atomic E-state index is -4.79. The molecule has 16 heteroatoms. The summed E-state index contributed by atoms with van der Waals surface area (Å²) in [4.78, 5) is 16.2. The summed E-state index contributed by atoms with van der Waals surface area (Å²) in [7, 11) is -7.83. The third kappa shape index (κ3) is 6.42. The molecule has 3 heterocycles. The van der Waals surface area contributed by atoms with Crippen molar-refractivity contribution in [2.75, 3.05) is 22.4 Å². The largest absolute Gasteiger partial charge is 0.450 e. The average molecular weight is 601 g/mol. The number of ether oxygens (including phenoxy) is 1. The normalized spacial score (nSPS) is 16.8. The van der Waals surface area contributed by atoms with Crippen molar-refractivity contribution in [3.8, 4) is 0 Å². The molecule has 0 amide bonds. The fourth-order valence-electron chi connectivity index (χ4n) is 3.86. The van der Waals surface area contributed by atoms with E-state index in [1.54, 1.807) is 6.92 Å². The molecule has 0 N–H and O–H groups in total. The lowest BCUT2D eigenvalue weighted by molar-refractivity contribution is -0.257. The number of carbonyl (C=O) groups excluding carboxylic acids is 1. The van der Waals surface area contributed by atoms with Crippen LogP contribution in [0.3, 0.4) is 0 Å². The summed E-state index contributed by atoms with van der Waals surface area (Å²) in [6.07, 6.45) is -2.79. The first-order valence-corrected chi connectivity index (χ1v) is 15.3. The third-order valence-electron chi connectivity index (χ3n) is 6.09. The maximum atomic E-state index is 13.7. The summed E-state index contributed by atoms with van der Waals surface area (Å²) < 4.78 is 98.3. The number of sulfonamides is 1. The molecule has 1 aliphatic heterocycles. The Labute approximate surface area is 224 Å². The van der Waals surface area contributed by atoms with Crippen molar-refractivity contribution in [2.24, 2.45) is 5.92 Å². The Morgan fingerprint density at radius 2 is 1.87 bits per heavy atom. The summed E-state index contributed by atoms with van der Waals surface area (Å²) in [5.41, 5.74) is -2.30. The Kier molecular flexibility index (Phi) is 8.45. The number of sulfone groups is 1. The Hall–Kier alpha value is -2.39. The highest BCUT2D eigenvalue weighted by Crippen LogP contribution is 2.37. The molecule has 10 nitrogen and oxygen atoms in total. The van der Waals surface area contributed by atoms with Gasteiger partial charge in [0.25, 0.3) is 10.0 Å². The molecule has 0 aliphatic carbocycles. The number of nitrogens with zero attached hydrogens (tertiary/aromatic N) is 4. The summed E-state index contributed by atoms with van der Waals surface area (Å²) >= 11 is 6.12. The third-order valence-corrected chi connectivity index (χ3v) is 10.1. The first-order chi connectivity index (χ1) is 17.4. The second kappa shape index (κ2) is 10.6. The Morgan fingerprint density at radius 1 is 1.21 bits per heavy atom. The van der Waals surface area contributed by atoms with Gasteiger partial charge in [-0.2, -0.15) is 18.3 Å². The molecular weight excluding hydrogens is 573 g/mol. The van der Waals surface area contributed by atoms with E-state index in [2.05, 4.69) is 14.8 Å². The van der Waals surface area contributed by atoms with Crippen LogP contribution in [0.2, 0.25) is 5.15 Å². The molecule has 0 saturated carbocycles.